The number of carboxylic acids is 1. The molecule has 0 bridgehead atoms. The molecule has 2 aromatic rings. The van der Waals surface area contributed by atoms with E-state index in [0.29, 0.717) is 0 Å². The Morgan fingerprint density at radius 2 is 1.81 bits per heavy atom. The summed E-state index contributed by atoms with van der Waals surface area (Å²) < 4.78 is 12.5. The first-order chi connectivity index (χ1) is 12.3. The quantitative estimate of drug-likeness (QED) is 0.778. The molecule has 0 heterocycles. The number of aromatic carboxylic acids is 1. The molecule has 0 aliphatic carbocycles. The third-order valence-corrected chi connectivity index (χ3v) is 5.88. The van der Waals surface area contributed by atoms with E-state index in [2.05, 4.69) is 5.32 Å². The minimum Gasteiger partial charge on any atom is -0.478 e. The SMILES string of the molecule is CCc1cccc(C)c1NC(=O)C(C)S(=O)Cc1ccc(C(=O)O)cc1. The Labute approximate surface area is 155 Å². The summed E-state index contributed by atoms with van der Waals surface area (Å²) in [5, 5.41) is 11.1. The maximum Gasteiger partial charge on any atom is 0.335 e. The van der Waals surface area contributed by atoms with E-state index in [9.17, 15) is 13.8 Å². The summed E-state index contributed by atoms with van der Waals surface area (Å²) in [4.78, 5) is 23.4. The molecule has 2 atom stereocenters. The zero-order valence-electron chi connectivity index (χ0n) is 15.1. The van der Waals surface area contributed by atoms with Gasteiger partial charge in [0.25, 0.3) is 0 Å². The molecule has 138 valence electrons. The smallest absolute Gasteiger partial charge is 0.335 e. The van der Waals surface area contributed by atoms with Gasteiger partial charge in [0.2, 0.25) is 5.91 Å². The summed E-state index contributed by atoms with van der Waals surface area (Å²) in [5.41, 5.74) is 3.71. The predicted octanol–water partition coefficient (Wildman–Crippen LogP) is 3.53. The number of anilines is 1. The van der Waals surface area contributed by atoms with E-state index in [1.807, 2.05) is 32.0 Å². The van der Waals surface area contributed by atoms with Gasteiger partial charge in [-0.2, -0.15) is 0 Å². The maximum absolute atomic E-state index is 12.5. The molecule has 0 spiro atoms. The lowest BCUT2D eigenvalue weighted by Gasteiger charge is -2.16. The molecule has 2 N–H and O–H groups in total. The topological polar surface area (TPSA) is 83.5 Å². The van der Waals surface area contributed by atoms with Gasteiger partial charge in [0.1, 0.15) is 5.25 Å². The lowest BCUT2D eigenvalue weighted by molar-refractivity contribution is -0.115. The molecule has 0 fully saturated rings. The minimum atomic E-state index is -1.41. The molecule has 0 aliphatic rings. The second-order valence-corrected chi connectivity index (χ2v) is 7.88. The summed E-state index contributed by atoms with van der Waals surface area (Å²) in [6, 6.07) is 12.0. The Bertz CT molecular complexity index is 830. The Kier molecular flexibility index (Phi) is 6.69. The normalized spacial score (nSPS) is 13.0. The number of carbonyl (C=O) groups excluding carboxylic acids is 1. The van der Waals surface area contributed by atoms with Crippen LogP contribution in [0, 0.1) is 6.92 Å². The monoisotopic (exact) mass is 373 g/mol. The van der Waals surface area contributed by atoms with Gasteiger partial charge in [0, 0.05) is 22.2 Å². The van der Waals surface area contributed by atoms with Crippen LogP contribution in [0.25, 0.3) is 0 Å². The number of benzene rings is 2. The number of hydrogen-bond donors (Lipinski definition) is 2. The molecule has 6 heteroatoms. The summed E-state index contributed by atoms with van der Waals surface area (Å²) in [5.74, 6) is -1.09. The zero-order chi connectivity index (χ0) is 19.3. The van der Waals surface area contributed by atoms with E-state index in [1.54, 1.807) is 19.1 Å². The fourth-order valence-electron chi connectivity index (χ4n) is 2.58. The van der Waals surface area contributed by atoms with Crippen LogP contribution in [0.5, 0.6) is 0 Å². The zero-order valence-corrected chi connectivity index (χ0v) is 15.9. The van der Waals surface area contributed by atoms with Crippen molar-refractivity contribution in [2.75, 3.05) is 5.32 Å². The molecule has 2 unspecified atom stereocenters. The van der Waals surface area contributed by atoms with Gasteiger partial charge in [0.15, 0.2) is 0 Å². The van der Waals surface area contributed by atoms with Gasteiger partial charge in [-0.25, -0.2) is 4.79 Å². The van der Waals surface area contributed by atoms with Crippen LogP contribution in [-0.4, -0.2) is 26.4 Å². The Balaban J connectivity index is 2.06. The van der Waals surface area contributed by atoms with Crippen LogP contribution in [-0.2, 0) is 27.8 Å². The van der Waals surface area contributed by atoms with Crippen molar-refractivity contribution in [1.82, 2.24) is 0 Å². The average molecular weight is 373 g/mol. The van der Waals surface area contributed by atoms with Crippen LogP contribution in [0.3, 0.4) is 0 Å². The van der Waals surface area contributed by atoms with Crippen molar-refractivity contribution in [2.24, 2.45) is 0 Å². The molecule has 0 radical (unpaired) electrons. The van der Waals surface area contributed by atoms with E-state index in [-0.39, 0.29) is 17.2 Å². The lowest BCUT2D eigenvalue weighted by atomic mass is 10.1. The van der Waals surface area contributed by atoms with Crippen molar-refractivity contribution in [3.05, 3.63) is 64.7 Å². The van der Waals surface area contributed by atoms with Gasteiger partial charge >= 0.3 is 5.97 Å². The first-order valence-corrected chi connectivity index (χ1v) is 9.80. The number of carbonyl (C=O) groups is 2. The molecular formula is C20H23NO4S. The molecular weight excluding hydrogens is 350 g/mol. The first kappa shape index (κ1) is 19.8. The Morgan fingerprint density at radius 1 is 1.15 bits per heavy atom. The largest absolute Gasteiger partial charge is 0.478 e. The predicted molar refractivity (Wildman–Crippen MR) is 104 cm³/mol. The van der Waals surface area contributed by atoms with Crippen molar-refractivity contribution in [2.45, 2.75) is 38.2 Å². The lowest BCUT2D eigenvalue weighted by Crippen LogP contribution is -2.30. The van der Waals surface area contributed by atoms with Gasteiger partial charge in [-0.15, -0.1) is 0 Å². The number of hydrogen-bond acceptors (Lipinski definition) is 3. The van der Waals surface area contributed by atoms with Crippen LogP contribution in [0.4, 0.5) is 5.69 Å². The van der Waals surface area contributed by atoms with Gasteiger partial charge in [-0.05, 0) is 49.1 Å². The number of para-hydroxylation sites is 1. The van der Waals surface area contributed by atoms with Gasteiger partial charge < -0.3 is 10.4 Å². The van der Waals surface area contributed by atoms with Crippen LogP contribution < -0.4 is 5.32 Å². The summed E-state index contributed by atoms with van der Waals surface area (Å²) in [6.45, 7) is 5.59. The second kappa shape index (κ2) is 8.76. The van der Waals surface area contributed by atoms with Crippen LogP contribution in [0.1, 0.15) is 40.9 Å². The summed E-state index contributed by atoms with van der Waals surface area (Å²) in [6.07, 6.45) is 0.796. The molecule has 0 saturated carbocycles. The fraction of sp³-hybridized carbons (Fsp3) is 0.300. The molecule has 5 nitrogen and oxygen atoms in total. The van der Waals surface area contributed by atoms with Gasteiger partial charge in [-0.3, -0.25) is 9.00 Å². The number of nitrogens with one attached hydrogen (secondary N) is 1. The number of rotatable bonds is 7. The molecule has 26 heavy (non-hydrogen) atoms. The number of carboxylic acid groups (broad SMARTS) is 1. The van der Waals surface area contributed by atoms with Crippen molar-refractivity contribution in [3.8, 4) is 0 Å². The number of amides is 1. The molecule has 0 aromatic heterocycles. The highest BCUT2D eigenvalue weighted by atomic mass is 32.2. The molecule has 0 saturated heterocycles. The average Bonchev–Trinajstić information content (AvgIpc) is 2.62. The first-order valence-electron chi connectivity index (χ1n) is 8.42. The van der Waals surface area contributed by atoms with E-state index in [4.69, 9.17) is 5.11 Å². The van der Waals surface area contributed by atoms with E-state index >= 15 is 0 Å². The summed E-state index contributed by atoms with van der Waals surface area (Å²) in [7, 11) is -1.41. The molecule has 0 aliphatic heterocycles. The van der Waals surface area contributed by atoms with Crippen LogP contribution in [0.15, 0.2) is 42.5 Å². The second-order valence-electron chi connectivity index (χ2n) is 6.12. The van der Waals surface area contributed by atoms with Crippen molar-refractivity contribution >= 4 is 28.4 Å². The third-order valence-electron chi connectivity index (χ3n) is 4.26. The van der Waals surface area contributed by atoms with E-state index < -0.39 is 22.0 Å². The fourth-order valence-corrected chi connectivity index (χ4v) is 3.65. The van der Waals surface area contributed by atoms with E-state index in [0.717, 1.165) is 28.8 Å². The third kappa shape index (κ3) is 4.79. The number of aryl methyl sites for hydroxylation is 2. The maximum atomic E-state index is 12.5. The minimum absolute atomic E-state index is 0.178. The molecule has 1 amide bonds. The van der Waals surface area contributed by atoms with Crippen molar-refractivity contribution in [3.63, 3.8) is 0 Å². The highest BCUT2D eigenvalue weighted by Gasteiger charge is 2.21. The van der Waals surface area contributed by atoms with Gasteiger partial charge in [0.05, 0.1) is 5.56 Å². The van der Waals surface area contributed by atoms with Crippen LogP contribution >= 0.6 is 0 Å². The highest BCUT2D eigenvalue weighted by molar-refractivity contribution is 7.85. The van der Waals surface area contributed by atoms with Crippen LogP contribution in [0.2, 0.25) is 0 Å². The summed E-state index contributed by atoms with van der Waals surface area (Å²) >= 11 is 0. The van der Waals surface area contributed by atoms with Crippen molar-refractivity contribution in [1.29, 1.82) is 0 Å². The van der Waals surface area contributed by atoms with Gasteiger partial charge in [-0.1, -0.05) is 37.3 Å². The molecule has 2 rings (SSSR count). The van der Waals surface area contributed by atoms with Crippen molar-refractivity contribution < 1.29 is 18.9 Å². The Morgan fingerprint density at radius 3 is 2.38 bits per heavy atom. The van der Waals surface area contributed by atoms with E-state index in [1.165, 1.54) is 12.1 Å². The molecule has 2 aromatic carbocycles. The Hall–Kier alpha value is -2.47. The highest BCUT2D eigenvalue weighted by Crippen LogP contribution is 2.22. The standard InChI is InChI=1S/C20H23NO4S/c1-4-16-7-5-6-13(2)18(16)21-19(22)14(3)26(25)12-15-8-10-17(11-9-15)20(23)24/h5-11,14H,4,12H2,1-3H3,(H,21,22)(H,23,24).